The van der Waals surface area contributed by atoms with Crippen LogP contribution >= 0.6 is 0 Å². The highest BCUT2D eigenvalue weighted by molar-refractivity contribution is 5.76. The number of nitrogens with zero attached hydrogens (tertiary/aromatic N) is 1. The maximum Gasteiger partial charge on any atom is 0.222 e. The van der Waals surface area contributed by atoms with Crippen molar-refractivity contribution in [2.45, 2.75) is 70.9 Å². The molecular formula is C17H32N2O2. The Labute approximate surface area is 129 Å². The van der Waals surface area contributed by atoms with Crippen molar-refractivity contribution in [2.75, 3.05) is 26.2 Å². The van der Waals surface area contributed by atoms with E-state index in [0.29, 0.717) is 30.4 Å². The van der Waals surface area contributed by atoms with Gasteiger partial charge in [-0.2, -0.15) is 0 Å². The molecule has 0 radical (unpaired) electrons. The largest absolute Gasteiger partial charge is 0.378 e. The highest BCUT2D eigenvalue weighted by atomic mass is 16.5. The normalized spacial score (nSPS) is 30.4. The number of nitrogens with one attached hydrogen (secondary N) is 1. The fourth-order valence-corrected chi connectivity index (χ4v) is 3.68. The van der Waals surface area contributed by atoms with Gasteiger partial charge in [-0.3, -0.25) is 4.79 Å². The fraction of sp³-hybridized carbons (Fsp3) is 0.941. The molecule has 1 N–H and O–H groups in total. The summed E-state index contributed by atoms with van der Waals surface area (Å²) in [7, 11) is 0. The van der Waals surface area contributed by atoms with Crippen LogP contribution in [0.15, 0.2) is 0 Å². The Morgan fingerprint density at radius 3 is 2.81 bits per heavy atom. The summed E-state index contributed by atoms with van der Waals surface area (Å²) in [5.74, 6) is 0.936. The molecule has 2 saturated heterocycles. The zero-order chi connectivity index (χ0) is 15.1. The lowest BCUT2D eigenvalue weighted by Gasteiger charge is -2.39. The van der Waals surface area contributed by atoms with Crippen LogP contribution in [0.1, 0.15) is 58.8 Å². The summed E-state index contributed by atoms with van der Waals surface area (Å²) in [6.45, 7) is 8.14. The van der Waals surface area contributed by atoms with Gasteiger partial charge < -0.3 is 15.0 Å². The number of hydrogen-bond donors (Lipinski definition) is 1. The van der Waals surface area contributed by atoms with Crippen molar-refractivity contribution in [3.05, 3.63) is 0 Å². The first kappa shape index (κ1) is 16.8. The summed E-state index contributed by atoms with van der Waals surface area (Å²) in [6, 6.07) is 0.589. The van der Waals surface area contributed by atoms with Gasteiger partial charge in [-0.1, -0.05) is 20.3 Å². The monoisotopic (exact) mass is 296 g/mol. The zero-order valence-corrected chi connectivity index (χ0v) is 13.8. The van der Waals surface area contributed by atoms with E-state index < -0.39 is 0 Å². The summed E-state index contributed by atoms with van der Waals surface area (Å²) in [6.07, 6.45) is 7.70. The second-order valence-electron chi connectivity index (χ2n) is 6.49. The van der Waals surface area contributed by atoms with Crippen molar-refractivity contribution in [1.82, 2.24) is 10.2 Å². The molecule has 0 aromatic carbocycles. The van der Waals surface area contributed by atoms with E-state index in [1.54, 1.807) is 0 Å². The van der Waals surface area contributed by atoms with Crippen LogP contribution < -0.4 is 5.32 Å². The van der Waals surface area contributed by atoms with Gasteiger partial charge in [-0.25, -0.2) is 0 Å². The van der Waals surface area contributed by atoms with Gasteiger partial charge >= 0.3 is 0 Å². The Bertz CT molecular complexity index is 316. The first-order valence-corrected chi connectivity index (χ1v) is 8.87. The van der Waals surface area contributed by atoms with E-state index in [2.05, 4.69) is 24.1 Å². The smallest absolute Gasteiger partial charge is 0.222 e. The van der Waals surface area contributed by atoms with Crippen LogP contribution in [-0.4, -0.2) is 49.2 Å². The summed E-state index contributed by atoms with van der Waals surface area (Å²) in [5, 5.41) is 3.57. The molecule has 2 rings (SSSR count). The number of piperidine rings is 1. The van der Waals surface area contributed by atoms with E-state index in [-0.39, 0.29) is 0 Å². The van der Waals surface area contributed by atoms with E-state index >= 15 is 0 Å². The number of carbonyl (C=O) groups excluding carboxylic acids is 1. The van der Waals surface area contributed by atoms with E-state index in [1.165, 1.54) is 12.8 Å². The third kappa shape index (κ3) is 4.96. The minimum atomic E-state index is 0.323. The van der Waals surface area contributed by atoms with Crippen LogP contribution in [0.25, 0.3) is 0 Å². The molecule has 2 fully saturated rings. The van der Waals surface area contributed by atoms with E-state index in [1.807, 2.05) is 0 Å². The maximum atomic E-state index is 12.4. The van der Waals surface area contributed by atoms with Crippen molar-refractivity contribution in [3.63, 3.8) is 0 Å². The first-order chi connectivity index (χ1) is 10.2. The topological polar surface area (TPSA) is 41.6 Å². The molecule has 4 heteroatoms. The third-order valence-corrected chi connectivity index (χ3v) is 5.03. The minimum Gasteiger partial charge on any atom is -0.378 e. The van der Waals surface area contributed by atoms with Crippen LogP contribution in [-0.2, 0) is 9.53 Å². The number of likely N-dealkylation sites (tertiary alicyclic amines) is 1. The molecule has 2 heterocycles. The number of amides is 1. The van der Waals surface area contributed by atoms with Gasteiger partial charge in [0.05, 0.1) is 6.10 Å². The zero-order valence-electron chi connectivity index (χ0n) is 13.8. The summed E-state index contributed by atoms with van der Waals surface area (Å²) < 4.78 is 5.73. The Morgan fingerprint density at radius 1 is 1.29 bits per heavy atom. The predicted molar refractivity (Wildman–Crippen MR) is 85.3 cm³/mol. The van der Waals surface area contributed by atoms with Gasteiger partial charge in [0.15, 0.2) is 0 Å². The lowest BCUT2D eigenvalue weighted by molar-refractivity contribution is -0.134. The minimum absolute atomic E-state index is 0.323. The molecule has 0 aromatic rings. The van der Waals surface area contributed by atoms with Gasteiger partial charge in [0.2, 0.25) is 5.91 Å². The van der Waals surface area contributed by atoms with Crippen LogP contribution in [0.5, 0.6) is 0 Å². The number of rotatable bonds is 6. The van der Waals surface area contributed by atoms with Crippen molar-refractivity contribution >= 4 is 5.91 Å². The molecule has 0 aromatic heterocycles. The lowest BCUT2D eigenvalue weighted by atomic mass is 9.89. The van der Waals surface area contributed by atoms with Gasteiger partial charge in [-0.05, 0) is 44.6 Å². The van der Waals surface area contributed by atoms with Crippen LogP contribution in [0.2, 0.25) is 0 Å². The number of carbonyl (C=O) groups is 1. The van der Waals surface area contributed by atoms with Crippen LogP contribution in [0, 0.1) is 5.92 Å². The second kappa shape index (κ2) is 8.74. The average Bonchev–Trinajstić information content (AvgIpc) is 2.54. The molecule has 2 aliphatic rings. The molecule has 122 valence electrons. The molecule has 3 unspecified atom stereocenters. The van der Waals surface area contributed by atoms with Crippen molar-refractivity contribution in [1.29, 1.82) is 0 Å². The molecule has 0 aliphatic carbocycles. The molecule has 0 spiro atoms. The van der Waals surface area contributed by atoms with Crippen molar-refractivity contribution in [3.8, 4) is 0 Å². The SMILES string of the molecule is CCNC1CCN(C(=O)CCC2CCCCO2)CC1CC. The molecule has 21 heavy (non-hydrogen) atoms. The summed E-state index contributed by atoms with van der Waals surface area (Å²) in [4.78, 5) is 14.5. The number of hydrogen-bond acceptors (Lipinski definition) is 3. The van der Waals surface area contributed by atoms with Gasteiger partial charge in [0.25, 0.3) is 0 Å². The molecule has 4 nitrogen and oxygen atoms in total. The molecule has 2 aliphatic heterocycles. The highest BCUT2D eigenvalue weighted by Gasteiger charge is 2.29. The molecule has 1 amide bonds. The maximum absolute atomic E-state index is 12.4. The second-order valence-corrected chi connectivity index (χ2v) is 6.49. The molecule has 3 atom stereocenters. The van der Waals surface area contributed by atoms with E-state index in [0.717, 1.165) is 51.9 Å². The fourth-order valence-electron chi connectivity index (χ4n) is 3.68. The van der Waals surface area contributed by atoms with Gasteiger partial charge in [0, 0.05) is 32.2 Å². The molecule has 0 bridgehead atoms. The molecule has 0 saturated carbocycles. The predicted octanol–water partition coefficient (Wildman–Crippen LogP) is 2.57. The van der Waals surface area contributed by atoms with E-state index in [4.69, 9.17) is 4.74 Å². The van der Waals surface area contributed by atoms with Crippen LogP contribution in [0.4, 0.5) is 0 Å². The third-order valence-electron chi connectivity index (χ3n) is 5.03. The summed E-state index contributed by atoms with van der Waals surface area (Å²) in [5.41, 5.74) is 0. The van der Waals surface area contributed by atoms with Crippen molar-refractivity contribution < 1.29 is 9.53 Å². The van der Waals surface area contributed by atoms with Crippen LogP contribution in [0.3, 0.4) is 0 Å². The molecular weight excluding hydrogens is 264 g/mol. The lowest BCUT2D eigenvalue weighted by Crippen LogP contribution is -2.50. The quantitative estimate of drug-likeness (QED) is 0.819. The summed E-state index contributed by atoms with van der Waals surface area (Å²) >= 11 is 0. The Morgan fingerprint density at radius 2 is 2.14 bits per heavy atom. The Balaban J connectivity index is 1.74. The standard InChI is InChI=1S/C17H32N2O2/c1-3-14-13-19(11-10-16(14)18-4-2)17(20)9-8-15-7-5-6-12-21-15/h14-16,18H,3-13H2,1-2H3. The average molecular weight is 296 g/mol. The Hall–Kier alpha value is -0.610. The first-order valence-electron chi connectivity index (χ1n) is 8.87. The van der Waals surface area contributed by atoms with Gasteiger partial charge in [-0.15, -0.1) is 0 Å². The highest BCUT2D eigenvalue weighted by Crippen LogP contribution is 2.22. The van der Waals surface area contributed by atoms with Gasteiger partial charge in [0.1, 0.15) is 0 Å². The van der Waals surface area contributed by atoms with Crippen molar-refractivity contribution in [2.24, 2.45) is 5.92 Å². The number of ether oxygens (including phenoxy) is 1. The Kier molecular flexibility index (Phi) is 6.97. The van der Waals surface area contributed by atoms with E-state index in [9.17, 15) is 4.79 Å².